The van der Waals surface area contributed by atoms with Crippen molar-refractivity contribution in [2.45, 2.75) is 69.9 Å². The molecular formula is C45H70N12O14S. The number of nitrogen functional groups attached to an aromatic ring is 1. The molecule has 1 aromatic carbocycles. The number of hydrogen-bond donors (Lipinski definition) is 10. The first-order valence-corrected chi connectivity index (χ1v) is 24.4. The minimum absolute atomic E-state index is 0.00429. The van der Waals surface area contributed by atoms with Crippen LogP contribution in [-0.2, 0) is 75.0 Å². The van der Waals surface area contributed by atoms with Crippen molar-refractivity contribution in [1.29, 1.82) is 0 Å². The molecule has 0 aliphatic rings. The molecule has 0 saturated carbocycles. The number of nitrogens with zero attached hydrogens (tertiary/aromatic N) is 3. The third kappa shape index (κ3) is 22.9. The Kier molecular flexibility index (Phi) is 27.3. The van der Waals surface area contributed by atoms with Gasteiger partial charge in [-0.15, -0.1) is 11.8 Å². The number of pyridine rings is 1. The first kappa shape index (κ1) is 60.1. The zero-order chi connectivity index (χ0) is 52.9. The summed E-state index contributed by atoms with van der Waals surface area (Å²) in [7, 11) is 0. The number of aliphatic carboxylic acids is 1. The fraction of sp³-hybridized carbons (Fsp3) is 0.600. The molecule has 0 radical (unpaired) electrons. The molecule has 0 aliphatic carbocycles. The summed E-state index contributed by atoms with van der Waals surface area (Å²) in [6, 6.07) is 6.51. The number of carboxylic acid groups (broad SMARTS) is 1. The number of aryl methyl sites for hydroxylation is 1. The quantitative estimate of drug-likeness (QED) is 0.0264. The van der Waals surface area contributed by atoms with E-state index >= 15 is 0 Å². The molecule has 26 nitrogen and oxygen atoms in total. The van der Waals surface area contributed by atoms with Crippen LogP contribution in [0.25, 0.3) is 21.9 Å². The van der Waals surface area contributed by atoms with Gasteiger partial charge in [-0.2, -0.15) is 0 Å². The molecule has 13 N–H and O–H groups in total. The topological polar surface area (TPSA) is 384 Å². The molecule has 3 rings (SSSR count). The lowest BCUT2D eigenvalue weighted by molar-refractivity contribution is -0.138. The van der Waals surface area contributed by atoms with Crippen LogP contribution in [0.15, 0.2) is 24.3 Å². The second-order valence-corrected chi connectivity index (χ2v) is 17.7. The molecule has 2 atom stereocenters. The average molecular weight is 1040 g/mol. The minimum Gasteiger partial charge on any atom is -0.481 e. The van der Waals surface area contributed by atoms with Crippen molar-refractivity contribution in [2.24, 2.45) is 11.5 Å². The summed E-state index contributed by atoms with van der Waals surface area (Å²) in [5.41, 5.74) is 18.5. The number of primary amides is 1. The van der Waals surface area contributed by atoms with Gasteiger partial charge in [0.25, 0.3) is 0 Å². The van der Waals surface area contributed by atoms with Gasteiger partial charge in [0.05, 0.1) is 114 Å². The number of ether oxygens (including phenoxy) is 5. The fourth-order valence-electron chi connectivity index (χ4n) is 6.59. The molecule has 7 amide bonds. The summed E-state index contributed by atoms with van der Waals surface area (Å²) >= 11 is 0.832. The number of nitrogens with two attached hydrogens (primary N) is 3. The molecule has 0 bridgehead atoms. The van der Waals surface area contributed by atoms with Crippen molar-refractivity contribution in [3.8, 4) is 0 Å². The number of aromatic nitrogens is 3. The lowest BCUT2D eigenvalue weighted by atomic mass is 10.1. The van der Waals surface area contributed by atoms with Gasteiger partial charge in [-0.3, -0.25) is 38.4 Å². The summed E-state index contributed by atoms with van der Waals surface area (Å²) < 4.78 is 29.9. The van der Waals surface area contributed by atoms with E-state index in [2.05, 4.69) is 41.5 Å². The lowest BCUT2D eigenvalue weighted by Crippen LogP contribution is -2.47. The predicted octanol–water partition coefficient (Wildman–Crippen LogP) is -2.54. The van der Waals surface area contributed by atoms with Gasteiger partial charge >= 0.3 is 5.97 Å². The maximum absolute atomic E-state index is 13.0. The number of carbonyl (C=O) groups excluding carboxylic acids is 7. The number of thioether (sulfide) groups is 1. The third-order valence-corrected chi connectivity index (χ3v) is 11.5. The molecule has 0 fully saturated rings. The summed E-state index contributed by atoms with van der Waals surface area (Å²) in [6.07, 6.45) is -0.135. The number of nitrogens with one attached hydrogen (secondary N) is 6. The van der Waals surface area contributed by atoms with Gasteiger partial charge in [-0.05, 0) is 19.9 Å². The number of imidazole rings is 1. The largest absolute Gasteiger partial charge is 0.481 e. The van der Waals surface area contributed by atoms with Gasteiger partial charge < -0.3 is 82.5 Å². The highest BCUT2D eigenvalue weighted by molar-refractivity contribution is 8.00. The van der Waals surface area contributed by atoms with Crippen LogP contribution in [0.2, 0.25) is 0 Å². The first-order chi connectivity index (χ1) is 34.4. The fourth-order valence-corrected chi connectivity index (χ4v) is 7.76. The zero-order valence-electron chi connectivity index (χ0n) is 41.0. The molecule has 0 aliphatic heterocycles. The van der Waals surface area contributed by atoms with Crippen molar-refractivity contribution in [2.75, 3.05) is 110 Å². The van der Waals surface area contributed by atoms with Crippen molar-refractivity contribution in [1.82, 2.24) is 46.4 Å². The predicted molar refractivity (Wildman–Crippen MR) is 265 cm³/mol. The van der Waals surface area contributed by atoms with E-state index < -0.39 is 64.7 Å². The van der Waals surface area contributed by atoms with Gasteiger partial charge in [0.1, 0.15) is 17.4 Å². The average Bonchev–Trinajstić information content (AvgIpc) is 3.71. The summed E-state index contributed by atoms with van der Waals surface area (Å²) in [5.74, 6) is -4.16. The van der Waals surface area contributed by atoms with Gasteiger partial charge in [-0.25, -0.2) is 9.97 Å². The van der Waals surface area contributed by atoms with E-state index in [-0.39, 0.29) is 123 Å². The van der Waals surface area contributed by atoms with Crippen LogP contribution in [0.3, 0.4) is 0 Å². The maximum atomic E-state index is 13.0. The highest BCUT2D eigenvalue weighted by Crippen LogP contribution is 2.30. The molecule has 2 heterocycles. The van der Waals surface area contributed by atoms with Crippen LogP contribution in [-0.4, -0.2) is 188 Å². The van der Waals surface area contributed by atoms with Crippen LogP contribution in [0.4, 0.5) is 5.82 Å². The van der Waals surface area contributed by atoms with E-state index in [1.54, 1.807) is 0 Å². The number of rotatable bonds is 38. The van der Waals surface area contributed by atoms with Crippen LogP contribution in [0.1, 0.15) is 45.9 Å². The van der Waals surface area contributed by atoms with E-state index in [4.69, 9.17) is 45.9 Å². The Morgan fingerprint density at radius 2 is 1.33 bits per heavy atom. The Bertz CT molecular complexity index is 2270. The van der Waals surface area contributed by atoms with E-state index in [9.17, 15) is 43.5 Å². The molecule has 27 heteroatoms. The number of hydrogen-bond acceptors (Lipinski definition) is 18. The second kappa shape index (κ2) is 32.7. The highest BCUT2D eigenvalue weighted by atomic mass is 32.2. The molecule has 2 unspecified atom stereocenters. The normalized spacial score (nSPS) is 12.2. The Labute approximate surface area is 421 Å². The van der Waals surface area contributed by atoms with Crippen LogP contribution in [0.5, 0.6) is 0 Å². The Hall–Kier alpha value is -6.23. The van der Waals surface area contributed by atoms with Gasteiger partial charge in [-0.1, -0.05) is 25.1 Å². The number of benzene rings is 1. The molecular weight excluding hydrogens is 965 g/mol. The lowest BCUT2D eigenvalue weighted by Gasteiger charge is -2.27. The van der Waals surface area contributed by atoms with E-state index in [1.807, 2.05) is 45.0 Å². The first-order valence-electron chi connectivity index (χ1n) is 23.4. The number of fused-ring (bicyclic) bond motifs is 3. The van der Waals surface area contributed by atoms with Gasteiger partial charge in [0.2, 0.25) is 41.4 Å². The summed E-state index contributed by atoms with van der Waals surface area (Å²) in [6.45, 7) is 7.82. The molecule has 3 aromatic rings. The highest BCUT2D eigenvalue weighted by Gasteiger charge is 2.27. The van der Waals surface area contributed by atoms with Crippen molar-refractivity contribution < 1.29 is 67.1 Å². The van der Waals surface area contributed by atoms with Crippen molar-refractivity contribution in [3.63, 3.8) is 0 Å². The molecule has 0 saturated heterocycles. The second-order valence-electron chi connectivity index (χ2n) is 16.4. The SMILES string of the molecule is CCc1nc2c(N)nc3ccccc3c2n1CC(C)(C)OCCNC(=O)CCNC(=O)C(CC(=O)O)SCC(NC(=O)CCOCCOCCOCCOCCNC(=O)CNC(=O)CNC(=O)CN)C(N)=O. The Morgan fingerprint density at radius 3 is 1.97 bits per heavy atom. The van der Waals surface area contributed by atoms with E-state index in [1.165, 1.54) is 0 Å². The number of carbonyl (C=O) groups is 8. The van der Waals surface area contributed by atoms with Crippen LogP contribution >= 0.6 is 11.8 Å². The van der Waals surface area contributed by atoms with Gasteiger partial charge in [0.15, 0.2) is 5.82 Å². The van der Waals surface area contributed by atoms with Crippen LogP contribution < -0.4 is 49.1 Å². The van der Waals surface area contributed by atoms with Crippen molar-refractivity contribution >= 4 is 86.8 Å². The number of amides is 7. The van der Waals surface area contributed by atoms with Gasteiger partial charge in [0, 0.05) is 50.0 Å². The number of carboxylic acids is 1. The van der Waals surface area contributed by atoms with E-state index in [0.717, 1.165) is 34.0 Å². The smallest absolute Gasteiger partial charge is 0.305 e. The number of anilines is 1. The monoisotopic (exact) mass is 1030 g/mol. The van der Waals surface area contributed by atoms with E-state index in [0.29, 0.717) is 24.3 Å². The third-order valence-electron chi connectivity index (χ3n) is 10.1. The Morgan fingerprint density at radius 1 is 0.736 bits per heavy atom. The standard InChI is InChI=1S/C45H70N12O14S/c1-4-33-56-40-41(29-7-5-6-8-30(29)55-42(40)47)57(33)28-45(2,3)71-16-13-49-34(58)9-11-51-44(66)32(23-39(63)64)72-27-31(43(48)65)54-35(59)10-14-67-17-19-69-21-22-70-20-18-68-15-12-50-37(61)25-53-38(62)26-52-36(60)24-46/h5-8,31-32H,4,9-28,46H2,1-3H3,(H2,47,55)(H2,48,65)(H,49,58)(H,50,61)(H,51,66)(H,52,60)(H,53,62)(H,54,59)(H,63,64). The van der Waals surface area contributed by atoms with Crippen molar-refractivity contribution in [3.05, 3.63) is 30.1 Å². The Balaban J connectivity index is 1.23. The zero-order valence-corrected chi connectivity index (χ0v) is 41.9. The molecule has 2 aromatic heterocycles. The summed E-state index contributed by atoms with van der Waals surface area (Å²) in [5, 5.41) is 24.3. The number of para-hydroxylation sites is 1. The van der Waals surface area contributed by atoms with Crippen LogP contribution in [0, 0.1) is 0 Å². The summed E-state index contributed by atoms with van der Waals surface area (Å²) in [4.78, 5) is 106. The maximum Gasteiger partial charge on any atom is 0.305 e. The molecule has 400 valence electrons. The molecule has 72 heavy (non-hydrogen) atoms. The minimum atomic E-state index is -1.27. The molecule has 0 spiro atoms.